The fraction of sp³-hybridized carbons (Fsp3) is 0.375. The molecule has 0 aliphatic heterocycles. The summed E-state index contributed by atoms with van der Waals surface area (Å²) in [6, 6.07) is 11.9. The van der Waals surface area contributed by atoms with Crippen LogP contribution in [0.5, 0.6) is 0 Å². The van der Waals surface area contributed by atoms with Crippen LogP contribution in [0.1, 0.15) is 32.3 Å². The Morgan fingerprint density at radius 2 is 1.95 bits per heavy atom. The molecule has 0 spiro atoms. The van der Waals surface area contributed by atoms with Gasteiger partial charge in [0.1, 0.15) is 0 Å². The highest BCUT2D eigenvalue weighted by Crippen LogP contribution is 2.32. The smallest absolute Gasteiger partial charge is 0.0991 e. The van der Waals surface area contributed by atoms with Crippen molar-refractivity contribution in [2.24, 2.45) is 5.41 Å². The van der Waals surface area contributed by atoms with E-state index in [4.69, 9.17) is 0 Å². The zero-order valence-electron chi connectivity index (χ0n) is 11.5. The molecule has 0 aliphatic rings. The Labute approximate surface area is 113 Å². The molecule has 0 fully saturated rings. The molecule has 1 heterocycles. The van der Waals surface area contributed by atoms with Crippen molar-refractivity contribution in [3.8, 4) is 6.07 Å². The van der Waals surface area contributed by atoms with Gasteiger partial charge in [0.2, 0.25) is 0 Å². The maximum absolute atomic E-state index is 10.3. The van der Waals surface area contributed by atoms with Crippen LogP contribution in [0.4, 0.5) is 0 Å². The molecule has 2 atom stereocenters. The zero-order chi connectivity index (χ0) is 14.0. The van der Waals surface area contributed by atoms with Gasteiger partial charge in [-0.3, -0.25) is 4.98 Å². The fourth-order valence-electron chi connectivity index (χ4n) is 2.09. The van der Waals surface area contributed by atoms with E-state index in [0.717, 1.165) is 16.5 Å². The van der Waals surface area contributed by atoms with Crippen molar-refractivity contribution in [2.75, 3.05) is 0 Å². The van der Waals surface area contributed by atoms with Crippen LogP contribution in [0.25, 0.3) is 10.9 Å². The van der Waals surface area contributed by atoms with Gasteiger partial charge in [-0.1, -0.05) is 39.0 Å². The van der Waals surface area contributed by atoms with E-state index in [2.05, 4.69) is 11.1 Å². The summed E-state index contributed by atoms with van der Waals surface area (Å²) < 4.78 is 0. The summed E-state index contributed by atoms with van der Waals surface area (Å²) >= 11 is 0. The number of rotatable bonds is 2. The quantitative estimate of drug-likeness (QED) is 0.895. The van der Waals surface area contributed by atoms with Crippen molar-refractivity contribution in [3.63, 3.8) is 0 Å². The summed E-state index contributed by atoms with van der Waals surface area (Å²) in [7, 11) is 0. The molecule has 0 aliphatic carbocycles. The highest BCUT2D eigenvalue weighted by Gasteiger charge is 2.31. The molecule has 2 aromatic rings. The molecular formula is C16H18N2O. The fourth-order valence-corrected chi connectivity index (χ4v) is 2.09. The molecule has 0 radical (unpaired) electrons. The predicted octanol–water partition coefficient (Wildman–Crippen LogP) is 3.25. The number of pyridine rings is 1. The minimum Gasteiger partial charge on any atom is -0.391 e. The van der Waals surface area contributed by atoms with Crippen LogP contribution in [0.15, 0.2) is 36.5 Å². The van der Waals surface area contributed by atoms with Crippen molar-refractivity contribution in [3.05, 3.63) is 42.1 Å². The number of hydrogen-bond acceptors (Lipinski definition) is 3. The first-order valence-electron chi connectivity index (χ1n) is 6.36. The second kappa shape index (κ2) is 4.99. The maximum atomic E-state index is 10.3. The zero-order valence-corrected chi connectivity index (χ0v) is 11.5. The lowest BCUT2D eigenvalue weighted by Crippen LogP contribution is -2.31. The molecule has 98 valence electrons. The van der Waals surface area contributed by atoms with Crippen molar-refractivity contribution >= 4 is 10.9 Å². The number of hydrogen-bond donors (Lipinski definition) is 1. The van der Waals surface area contributed by atoms with Gasteiger partial charge in [-0.05, 0) is 23.1 Å². The normalized spacial score (nSPS) is 14.9. The van der Waals surface area contributed by atoms with Crippen molar-refractivity contribution in [2.45, 2.75) is 32.8 Å². The van der Waals surface area contributed by atoms with Gasteiger partial charge in [0.15, 0.2) is 0 Å². The Hall–Kier alpha value is -1.92. The summed E-state index contributed by atoms with van der Waals surface area (Å²) in [6.45, 7) is 5.78. The lowest BCUT2D eigenvalue weighted by atomic mass is 9.79. The molecule has 1 N–H and O–H groups in total. The highest BCUT2D eigenvalue weighted by atomic mass is 16.3. The van der Waals surface area contributed by atoms with Crippen LogP contribution >= 0.6 is 0 Å². The summed E-state index contributed by atoms with van der Waals surface area (Å²) in [5.74, 6) is -0.558. The van der Waals surface area contributed by atoms with Gasteiger partial charge in [0.05, 0.1) is 23.6 Å². The molecule has 0 saturated carbocycles. The van der Waals surface area contributed by atoms with Crippen LogP contribution in [0.2, 0.25) is 0 Å². The van der Waals surface area contributed by atoms with Crippen molar-refractivity contribution < 1.29 is 5.11 Å². The SMILES string of the molecule is CC(C)(C)C(O)C(C#N)c1cnc2ccccc2c1. The highest BCUT2D eigenvalue weighted by molar-refractivity contribution is 5.78. The Morgan fingerprint density at radius 1 is 1.26 bits per heavy atom. The van der Waals surface area contributed by atoms with Crippen LogP contribution in [0, 0.1) is 16.7 Å². The Kier molecular flexibility index (Phi) is 3.55. The lowest BCUT2D eigenvalue weighted by molar-refractivity contribution is 0.0527. The van der Waals surface area contributed by atoms with Gasteiger partial charge in [-0.15, -0.1) is 0 Å². The first-order valence-corrected chi connectivity index (χ1v) is 6.36. The van der Waals surface area contributed by atoms with Gasteiger partial charge >= 0.3 is 0 Å². The molecule has 0 amide bonds. The Bertz CT molecular complexity index is 622. The van der Waals surface area contributed by atoms with E-state index >= 15 is 0 Å². The Balaban J connectivity index is 2.45. The number of nitriles is 1. The molecule has 1 aromatic carbocycles. The number of fused-ring (bicyclic) bond motifs is 1. The molecular weight excluding hydrogens is 236 g/mol. The van der Waals surface area contributed by atoms with Gasteiger partial charge in [0, 0.05) is 11.6 Å². The molecule has 19 heavy (non-hydrogen) atoms. The van der Waals surface area contributed by atoms with Crippen LogP contribution < -0.4 is 0 Å². The summed E-state index contributed by atoms with van der Waals surface area (Å²) in [5, 5.41) is 20.7. The minimum atomic E-state index is -0.722. The molecule has 2 unspecified atom stereocenters. The monoisotopic (exact) mass is 254 g/mol. The summed E-state index contributed by atoms with van der Waals surface area (Å²) in [6.07, 6.45) is 0.964. The third-order valence-corrected chi connectivity index (χ3v) is 3.31. The number of aliphatic hydroxyl groups excluding tert-OH is 1. The number of benzene rings is 1. The van der Waals surface area contributed by atoms with E-state index in [1.165, 1.54) is 0 Å². The van der Waals surface area contributed by atoms with Crippen LogP contribution in [-0.2, 0) is 0 Å². The molecule has 1 aromatic heterocycles. The van der Waals surface area contributed by atoms with Gasteiger partial charge in [-0.25, -0.2) is 0 Å². The van der Waals surface area contributed by atoms with E-state index in [0.29, 0.717) is 0 Å². The number of aliphatic hydroxyl groups is 1. The number of aromatic nitrogens is 1. The second-order valence-corrected chi connectivity index (χ2v) is 5.88. The largest absolute Gasteiger partial charge is 0.391 e. The maximum Gasteiger partial charge on any atom is 0.0991 e. The summed E-state index contributed by atoms with van der Waals surface area (Å²) in [5.41, 5.74) is 1.32. The standard InChI is InChI=1S/C16H18N2O/c1-16(2,3)15(19)13(9-17)12-8-11-6-4-5-7-14(11)18-10-12/h4-8,10,13,15,19H,1-3H3. The number of nitrogens with zero attached hydrogens (tertiary/aromatic N) is 2. The average Bonchev–Trinajstić information content (AvgIpc) is 2.38. The first kappa shape index (κ1) is 13.5. The van der Waals surface area contributed by atoms with E-state index in [1.54, 1.807) is 6.20 Å². The topological polar surface area (TPSA) is 56.9 Å². The third-order valence-electron chi connectivity index (χ3n) is 3.31. The van der Waals surface area contributed by atoms with Gasteiger partial charge in [-0.2, -0.15) is 5.26 Å². The second-order valence-electron chi connectivity index (χ2n) is 5.88. The molecule has 0 saturated heterocycles. The van der Waals surface area contributed by atoms with Gasteiger partial charge < -0.3 is 5.11 Å². The van der Waals surface area contributed by atoms with Crippen molar-refractivity contribution in [1.82, 2.24) is 4.98 Å². The molecule has 2 rings (SSSR count). The summed E-state index contributed by atoms with van der Waals surface area (Å²) in [4.78, 5) is 4.35. The van der Waals surface area contributed by atoms with Crippen LogP contribution in [0.3, 0.4) is 0 Å². The Morgan fingerprint density at radius 3 is 2.58 bits per heavy atom. The third kappa shape index (κ3) is 2.74. The van der Waals surface area contributed by atoms with E-state index < -0.39 is 12.0 Å². The van der Waals surface area contributed by atoms with E-state index in [1.807, 2.05) is 51.1 Å². The lowest BCUT2D eigenvalue weighted by Gasteiger charge is -2.29. The average molecular weight is 254 g/mol. The first-order chi connectivity index (χ1) is 8.93. The van der Waals surface area contributed by atoms with E-state index in [-0.39, 0.29) is 5.41 Å². The number of para-hydroxylation sites is 1. The van der Waals surface area contributed by atoms with Crippen molar-refractivity contribution in [1.29, 1.82) is 5.26 Å². The molecule has 3 heteroatoms. The van der Waals surface area contributed by atoms with Crippen LogP contribution in [-0.4, -0.2) is 16.2 Å². The minimum absolute atomic E-state index is 0.341. The van der Waals surface area contributed by atoms with Gasteiger partial charge in [0.25, 0.3) is 0 Å². The predicted molar refractivity (Wildman–Crippen MR) is 75.6 cm³/mol. The molecule has 0 bridgehead atoms. The molecule has 3 nitrogen and oxygen atoms in total. The van der Waals surface area contributed by atoms with E-state index in [9.17, 15) is 10.4 Å².